The van der Waals surface area contributed by atoms with Gasteiger partial charge in [-0.05, 0) is 38.5 Å². The number of aryl methyl sites for hydroxylation is 1. The second kappa shape index (κ2) is 5.52. The summed E-state index contributed by atoms with van der Waals surface area (Å²) in [5.74, 6) is 0. The van der Waals surface area contributed by atoms with E-state index < -0.39 is 11.7 Å². The molecule has 1 heterocycles. The number of hydrogen-bond acceptors (Lipinski definition) is 2. The Morgan fingerprint density at radius 2 is 1.76 bits per heavy atom. The first-order valence-electron chi connectivity index (χ1n) is 6.65. The second-order valence-corrected chi connectivity index (χ2v) is 5.23. The summed E-state index contributed by atoms with van der Waals surface area (Å²) in [7, 11) is 0. The lowest BCUT2D eigenvalue weighted by Crippen LogP contribution is -2.09. The largest absolute Gasteiger partial charge is 0.416 e. The van der Waals surface area contributed by atoms with Crippen molar-refractivity contribution in [1.29, 1.82) is 0 Å². The molecule has 3 nitrogen and oxygen atoms in total. The van der Waals surface area contributed by atoms with Crippen LogP contribution in [0.1, 0.15) is 41.0 Å². The molecule has 1 unspecified atom stereocenters. The summed E-state index contributed by atoms with van der Waals surface area (Å²) in [6.07, 6.45) is -4.31. The van der Waals surface area contributed by atoms with Gasteiger partial charge in [-0.2, -0.15) is 18.3 Å². The van der Waals surface area contributed by atoms with Gasteiger partial charge < -0.3 is 5.73 Å². The van der Waals surface area contributed by atoms with E-state index in [1.807, 2.05) is 20.8 Å². The summed E-state index contributed by atoms with van der Waals surface area (Å²) < 4.78 is 39.3. The Morgan fingerprint density at radius 1 is 1.19 bits per heavy atom. The van der Waals surface area contributed by atoms with Crippen LogP contribution in [0.5, 0.6) is 0 Å². The molecule has 0 aliphatic rings. The highest BCUT2D eigenvalue weighted by molar-refractivity contribution is 5.29. The maximum Gasteiger partial charge on any atom is 0.416 e. The molecule has 2 rings (SSSR count). The first kappa shape index (κ1) is 15.6. The molecular formula is C15H18F3N3. The van der Waals surface area contributed by atoms with E-state index in [4.69, 9.17) is 5.73 Å². The molecule has 0 saturated heterocycles. The molecule has 0 spiro atoms. The van der Waals surface area contributed by atoms with Crippen LogP contribution in [0.4, 0.5) is 13.2 Å². The number of nitrogens with two attached hydrogens (primary N) is 1. The van der Waals surface area contributed by atoms with Crippen molar-refractivity contribution in [2.24, 2.45) is 5.73 Å². The van der Waals surface area contributed by atoms with Crippen LogP contribution in [0, 0.1) is 13.8 Å². The highest BCUT2D eigenvalue weighted by atomic mass is 19.4. The van der Waals surface area contributed by atoms with Crippen LogP contribution in [-0.2, 0) is 12.7 Å². The Hall–Kier alpha value is -1.82. The van der Waals surface area contributed by atoms with E-state index in [1.54, 1.807) is 4.68 Å². The predicted octanol–water partition coefficient (Wildman–Crippen LogP) is 3.59. The quantitative estimate of drug-likeness (QED) is 0.941. The molecule has 0 bridgehead atoms. The van der Waals surface area contributed by atoms with Crippen LogP contribution >= 0.6 is 0 Å². The van der Waals surface area contributed by atoms with Crippen molar-refractivity contribution >= 4 is 0 Å². The van der Waals surface area contributed by atoms with Gasteiger partial charge in [-0.15, -0.1) is 0 Å². The smallest absolute Gasteiger partial charge is 0.324 e. The third kappa shape index (κ3) is 3.26. The van der Waals surface area contributed by atoms with Gasteiger partial charge in [0.25, 0.3) is 0 Å². The molecule has 1 aromatic heterocycles. The van der Waals surface area contributed by atoms with E-state index in [1.165, 1.54) is 12.1 Å². The Labute approximate surface area is 121 Å². The van der Waals surface area contributed by atoms with E-state index >= 15 is 0 Å². The van der Waals surface area contributed by atoms with E-state index in [2.05, 4.69) is 5.10 Å². The molecule has 2 aromatic rings. The second-order valence-electron chi connectivity index (χ2n) is 5.23. The van der Waals surface area contributed by atoms with Gasteiger partial charge in [-0.1, -0.05) is 12.1 Å². The van der Waals surface area contributed by atoms with Crippen molar-refractivity contribution in [3.05, 3.63) is 52.3 Å². The summed E-state index contributed by atoms with van der Waals surface area (Å²) in [6, 6.07) is 5.02. The zero-order valence-electron chi connectivity index (χ0n) is 12.2. The molecule has 0 aliphatic heterocycles. The fourth-order valence-electron chi connectivity index (χ4n) is 2.50. The van der Waals surface area contributed by atoms with Gasteiger partial charge in [0.15, 0.2) is 0 Å². The molecule has 1 aromatic carbocycles. The van der Waals surface area contributed by atoms with Crippen molar-refractivity contribution in [3.8, 4) is 0 Å². The average molecular weight is 297 g/mol. The topological polar surface area (TPSA) is 43.8 Å². The van der Waals surface area contributed by atoms with Crippen molar-refractivity contribution in [3.63, 3.8) is 0 Å². The molecule has 6 heteroatoms. The third-order valence-corrected chi connectivity index (χ3v) is 3.51. The first-order valence-corrected chi connectivity index (χ1v) is 6.65. The summed E-state index contributed by atoms with van der Waals surface area (Å²) in [5, 5.41) is 4.41. The lowest BCUT2D eigenvalue weighted by molar-refractivity contribution is -0.137. The number of halogens is 3. The molecule has 0 radical (unpaired) electrons. The normalized spacial score (nSPS) is 13.5. The number of hydrogen-bond donors (Lipinski definition) is 1. The Morgan fingerprint density at radius 3 is 2.19 bits per heavy atom. The average Bonchev–Trinajstić information content (AvgIpc) is 2.64. The van der Waals surface area contributed by atoms with Crippen LogP contribution in [0.3, 0.4) is 0 Å². The molecule has 114 valence electrons. The van der Waals surface area contributed by atoms with Crippen LogP contribution in [0.15, 0.2) is 24.3 Å². The van der Waals surface area contributed by atoms with Gasteiger partial charge in [-0.25, -0.2) is 0 Å². The maximum absolute atomic E-state index is 12.5. The monoisotopic (exact) mass is 297 g/mol. The van der Waals surface area contributed by atoms with Crippen LogP contribution < -0.4 is 5.73 Å². The number of alkyl halides is 3. The number of aromatic nitrogens is 2. The lowest BCUT2D eigenvalue weighted by atomic mass is 10.1. The Balaban J connectivity index is 2.25. The highest BCUT2D eigenvalue weighted by Crippen LogP contribution is 2.29. The predicted molar refractivity (Wildman–Crippen MR) is 74.8 cm³/mol. The zero-order valence-corrected chi connectivity index (χ0v) is 12.2. The summed E-state index contributed by atoms with van der Waals surface area (Å²) >= 11 is 0. The SMILES string of the molecule is Cc1nn(Cc2ccc(C(F)(F)F)cc2)c(C)c1C(C)N. The Bertz CT molecular complexity index is 625. The van der Waals surface area contributed by atoms with Crippen LogP contribution in [-0.4, -0.2) is 9.78 Å². The van der Waals surface area contributed by atoms with Gasteiger partial charge in [-0.3, -0.25) is 4.68 Å². The number of nitrogens with zero attached hydrogens (tertiary/aromatic N) is 2. The van der Waals surface area contributed by atoms with E-state index in [-0.39, 0.29) is 6.04 Å². The van der Waals surface area contributed by atoms with Gasteiger partial charge in [0.05, 0.1) is 17.8 Å². The molecule has 0 saturated carbocycles. The van der Waals surface area contributed by atoms with E-state index in [0.717, 1.165) is 34.6 Å². The molecule has 21 heavy (non-hydrogen) atoms. The highest BCUT2D eigenvalue weighted by Gasteiger charge is 2.29. The van der Waals surface area contributed by atoms with Crippen molar-refractivity contribution in [2.45, 2.75) is 39.5 Å². The standard InChI is InChI=1S/C15H18F3N3/c1-9(19)14-10(2)20-21(11(14)3)8-12-4-6-13(7-5-12)15(16,17)18/h4-7,9H,8,19H2,1-3H3. The first-order chi connectivity index (χ1) is 9.70. The van der Waals surface area contributed by atoms with Crippen LogP contribution in [0.25, 0.3) is 0 Å². The molecular weight excluding hydrogens is 279 g/mol. The Kier molecular flexibility index (Phi) is 4.09. The molecule has 0 amide bonds. The van der Waals surface area contributed by atoms with E-state index in [9.17, 15) is 13.2 Å². The van der Waals surface area contributed by atoms with Gasteiger partial charge in [0, 0.05) is 17.3 Å². The third-order valence-electron chi connectivity index (χ3n) is 3.51. The van der Waals surface area contributed by atoms with Gasteiger partial charge in [0.2, 0.25) is 0 Å². The van der Waals surface area contributed by atoms with E-state index in [0.29, 0.717) is 6.54 Å². The van der Waals surface area contributed by atoms with Crippen LogP contribution in [0.2, 0.25) is 0 Å². The fourth-order valence-corrected chi connectivity index (χ4v) is 2.50. The number of benzene rings is 1. The van der Waals surface area contributed by atoms with Gasteiger partial charge >= 0.3 is 6.18 Å². The zero-order chi connectivity index (χ0) is 15.8. The fraction of sp³-hybridized carbons (Fsp3) is 0.400. The lowest BCUT2D eigenvalue weighted by Gasteiger charge is -2.09. The molecule has 2 N–H and O–H groups in total. The number of rotatable bonds is 3. The van der Waals surface area contributed by atoms with Crippen molar-refractivity contribution < 1.29 is 13.2 Å². The molecule has 0 fully saturated rings. The summed E-state index contributed by atoms with van der Waals surface area (Å²) in [6.45, 7) is 6.12. The summed E-state index contributed by atoms with van der Waals surface area (Å²) in [5.41, 5.74) is 8.83. The summed E-state index contributed by atoms with van der Waals surface area (Å²) in [4.78, 5) is 0. The minimum Gasteiger partial charge on any atom is -0.324 e. The molecule has 1 atom stereocenters. The van der Waals surface area contributed by atoms with Crippen molar-refractivity contribution in [1.82, 2.24) is 9.78 Å². The molecule has 0 aliphatic carbocycles. The maximum atomic E-state index is 12.5. The minimum absolute atomic E-state index is 0.119. The van der Waals surface area contributed by atoms with Crippen molar-refractivity contribution in [2.75, 3.05) is 0 Å². The minimum atomic E-state index is -4.31. The van der Waals surface area contributed by atoms with Gasteiger partial charge in [0.1, 0.15) is 0 Å².